The molecule has 2 fully saturated rings. The van der Waals surface area contributed by atoms with E-state index in [4.69, 9.17) is 16.3 Å². The predicted molar refractivity (Wildman–Crippen MR) is 135 cm³/mol. The van der Waals surface area contributed by atoms with Crippen LogP contribution in [0, 0.1) is 17.2 Å². The van der Waals surface area contributed by atoms with Gasteiger partial charge in [0.1, 0.15) is 5.60 Å². The lowest BCUT2D eigenvalue weighted by atomic mass is 9.78. The highest BCUT2D eigenvalue weighted by Crippen LogP contribution is 2.42. The van der Waals surface area contributed by atoms with Gasteiger partial charge in [-0.3, -0.25) is 4.90 Å². The van der Waals surface area contributed by atoms with Gasteiger partial charge < -0.3 is 9.30 Å². The highest BCUT2D eigenvalue weighted by atomic mass is 35.5. The molecule has 4 aromatic rings. The molecule has 1 aliphatic carbocycles. The van der Waals surface area contributed by atoms with Gasteiger partial charge in [0.2, 0.25) is 0 Å². The number of nitrogens with zero attached hydrogens (tertiary/aromatic N) is 3. The molecular formula is C27H24ClN3O2S. The SMILES string of the molecule is N#Cc1ccc2ccn(C[C@H]3CCC[C@]4(C3)CN(Cc3csc5ccc(Cl)cc35)C(=O)O4)c2c1. The van der Waals surface area contributed by atoms with Gasteiger partial charge in [0.25, 0.3) is 0 Å². The van der Waals surface area contributed by atoms with Gasteiger partial charge in [0, 0.05) is 28.0 Å². The van der Waals surface area contributed by atoms with Crippen LogP contribution in [-0.2, 0) is 17.8 Å². The zero-order valence-corrected chi connectivity index (χ0v) is 20.2. The van der Waals surface area contributed by atoms with E-state index in [-0.39, 0.29) is 6.09 Å². The number of carbonyl (C=O) groups is 1. The number of benzene rings is 2. The Morgan fingerprint density at radius 3 is 3.03 bits per heavy atom. The normalized spacial score (nSPS) is 22.5. The lowest BCUT2D eigenvalue weighted by Crippen LogP contribution is -2.40. The van der Waals surface area contributed by atoms with Crippen LogP contribution in [0.3, 0.4) is 0 Å². The summed E-state index contributed by atoms with van der Waals surface area (Å²) in [5.41, 5.74) is 2.47. The molecule has 0 N–H and O–H groups in total. The minimum Gasteiger partial charge on any atom is -0.441 e. The molecule has 3 heterocycles. The average Bonchev–Trinajstić information content (AvgIpc) is 3.50. The molecule has 2 aromatic carbocycles. The molecule has 0 unspecified atom stereocenters. The van der Waals surface area contributed by atoms with E-state index in [1.54, 1.807) is 11.3 Å². The fourth-order valence-electron chi connectivity index (χ4n) is 5.72. The molecule has 1 amide bonds. The predicted octanol–water partition coefficient (Wildman–Crippen LogP) is 6.96. The van der Waals surface area contributed by atoms with Gasteiger partial charge in [-0.1, -0.05) is 17.7 Å². The Morgan fingerprint density at radius 2 is 2.15 bits per heavy atom. The molecule has 7 heteroatoms. The molecule has 1 spiro atoms. The lowest BCUT2D eigenvalue weighted by Gasteiger charge is -2.36. The summed E-state index contributed by atoms with van der Waals surface area (Å²) in [6, 6.07) is 16.1. The quantitative estimate of drug-likeness (QED) is 0.311. The van der Waals surface area contributed by atoms with Crippen molar-refractivity contribution < 1.29 is 9.53 Å². The Bertz CT molecular complexity index is 1450. The second-order valence-electron chi connectivity index (χ2n) is 9.62. The van der Waals surface area contributed by atoms with Gasteiger partial charge in [-0.2, -0.15) is 5.26 Å². The summed E-state index contributed by atoms with van der Waals surface area (Å²) < 4.78 is 9.50. The summed E-state index contributed by atoms with van der Waals surface area (Å²) in [4.78, 5) is 14.7. The number of aromatic nitrogens is 1. The highest BCUT2D eigenvalue weighted by molar-refractivity contribution is 7.17. The Morgan fingerprint density at radius 1 is 1.24 bits per heavy atom. The van der Waals surface area contributed by atoms with Gasteiger partial charge in [-0.15, -0.1) is 11.3 Å². The van der Waals surface area contributed by atoms with Crippen LogP contribution in [-0.4, -0.2) is 27.7 Å². The summed E-state index contributed by atoms with van der Waals surface area (Å²) >= 11 is 7.90. The first-order valence-electron chi connectivity index (χ1n) is 11.6. The topological polar surface area (TPSA) is 58.3 Å². The smallest absolute Gasteiger partial charge is 0.410 e. The number of amides is 1. The third kappa shape index (κ3) is 3.83. The largest absolute Gasteiger partial charge is 0.441 e. The van der Waals surface area contributed by atoms with Crippen molar-refractivity contribution in [2.24, 2.45) is 5.92 Å². The van der Waals surface area contributed by atoms with Crippen LogP contribution in [0.2, 0.25) is 5.02 Å². The van der Waals surface area contributed by atoms with Crippen molar-refractivity contribution in [1.29, 1.82) is 5.26 Å². The fourth-order valence-corrected chi connectivity index (χ4v) is 6.83. The Labute approximate surface area is 207 Å². The molecule has 2 aromatic heterocycles. The first-order chi connectivity index (χ1) is 16.5. The molecule has 0 bridgehead atoms. The molecule has 2 atom stereocenters. The Hall–Kier alpha value is -3.01. The molecule has 1 saturated carbocycles. The molecule has 1 aliphatic heterocycles. The summed E-state index contributed by atoms with van der Waals surface area (Å²) in [5.74, 6) is 0.420. The molecule has 34 heavy (non-hydrogen) atoms. The van der Waals surface area contributed by atoms with E-state index in [1.807, 2.05) is 41.3 Å². The van der Waals surface area contributed by atoms with Gasteiger partial charge in [-0.05, 0) is 89.7 Å². The van der Waals surface area contributed by atoms with Crippen molar-refractivity contribution in [3.8, 4) is 6.07 Å². The highest BCUT2D eigenvalue weighted by Gasteiger charge is 2.48. The summed E-state index contributed by atoms with van der Waals surface area (Å²) in [5, 5.41) is 14.4. The molecule has 5 nitrogen and oxygen atoms in total. The number of halogens is 1. The van der Waals surface area contributed by atoms with Crippen molar-refractivity contribution in [1.82, 2.24) is 9.47 Å². The number of fused-ring (bicyclic) bond motifs is 2. The first kappa shape index (κ1) is 21.5. The van der Waals surface area contributed by atoms with Gasteiger partial charge >= 0.3 is 6.09 Å². The zero-order chi connectivity index (χ0) is 23.3. The van der Waals surface area contributed by atoms with Crippen LogP contribution < -0.4 is 0 Å². The van der Waals surface area contributed by atoms with Gasteiger partial charge in [-0.25, -0.2) is 4.79 Å². The van der Waals surface area contributed by atoms with Crippen LogP contribution in [0.25, 0.3) is 21.0 Å². The number of hydrogen-bond donors (Lipinski definition) is 0. The molecule has 0 radical (unpaired) electrons. The molecular weight excluding hydrogens is 466 g/mol. The minimum absolute atomic E-state index is 0.216. The third-order valence-corrected chi connectivity index (χ3v) is 8.53. The molecule has 172 valence electrons. The number of ether oxygens (including phenoxy) is 1. The average molecular weight is 490 g/mol. The van der Waals surface area contributed by atoms with E-state index in [0.29, 0.717) is 29.6 Å². The van der Waals surface area contributed by atoms with Crippen LogP contribution in [0.5, 0.6) is 0 Å². The van der Waals surface area contributed by atoms with E-state index in [0.717, 1.165) is 54.1 Å². The maximum absolute atomic E-state index is 12.9. The fraction of sp³-hybridized carbons (Fsp3) is 0.333. The van der Waals surface area contributed by atoms with Gasteiger partial charge in [0.05, 0.1) is 24.7 Å². The number of carbonyl (C=O) groups excluding carboxylic acids is 1. The van der Waals surface area contributed by atoms with Crippen molar-refractivity contribution in [2.45, 2.75) is 44.4 Å². The van der Waals surface area contributed by atoms with E-state index >= 15 is 0 Å². The number of nitriles is 1. The second kappa shape index (κ2) is 8.33. The third-order valence-electron chi connectivity index (χ3n) is 7.28. The van der Waals surface area contributed by atoms with Crippen LogP contribution in [0.1, 0.15) is 36.8 Å². The Kier molecular flexibility index (Phi) is 5.28. The number of rotatable bonds is 4. The zero-order valence-electron chi connectivity index (χ0n) is 18.7. The maximum Gasteiger partial charge on any atom is 0.410 e. The van der Waals surface area contributed by atoms with Crippen molar-refractivity contribution in [3.05, 3.63) is 70.2 Å². The lowest BCUT2D eigenvalue weighted by molar-refractivity contribution is 0.00418. The summed E-state index contributed by atoms with van der Waals surface area (Å²) in [6.45, 7) is 2.04. The monoisotopic (exact) mass is 489 g/mol. The first-order valence-corrected chi connectivity index (χ1v) is 12.9. The number of hydrogen-bond acceptors (Lipinski definition) is 4. The van der Waals surface area contributed by atoms with E-state index in [1.165, 1.54) is 4.70 Å². The van der Waals surface area contributed by atoms with E-state index < -0.39 is 5.60 Å². The number of thiophene rings is 1. The van der Waals surface area contributed by atoms with E-state index in [9.17, 15) is 10.1 Å². The van der Waals surface area contributed by atoms with Crippen LogP contribution in [0.4, 0.5) is 4.79 Å². The van der Waals surface area contributed by atoms with Crippen LogP contribution >= 0.6 is 22.9 Å². The van der Waals surface area contributed by atoms with E-state index in [2.05, 4.69) is 28.3 Å². The standard InChI is InChI=1S/C27H24ClN3O2S/c28-22-5-6-25-23(11-22)21(16-34-25)15-31-17-27(33-26(31)32)8-1-2-19(12-27)14-30-9-7-20-4-3-18(13-29)10-24(20)30/h3-7,9-11,16,19H,1-2,8,12,14-15,17H2/t19-,27-/m0/s1. The van der Waals surface area contributed by atoms with Crippen LogP contribution in [0.15, 0.2) is 54.0 Å². The molecule has 2 aliphatic rings. The van der Waals surface area contributed by atoms with Crippen molar-refractivity contribution >= 4 is 50.0 Å². The molecule has 6 rings (SSSR count). The van der Waals surface area contributed by atoms with Crippen molar-refractivity contribution in [3.63, 3.8) is 0 Å². The van der Waals surface area contributed by atoms with Crippen molar-refractivity contribution in [2.75, 3.05) is 6.54 Å². The summed E-state index contributed by atoms with van der Waals surface area (Å²) in [7, 11) is 0. The minimum atomic E-state index is -0.412. The van der Waals surface area contributed by atoms with Gasteiger partial charge in [0.15, 0.2) is 0 Å². The molecule has 1 saturated heterocycles. The Balaban J connectivity index is 1.19. The summed E-state index contributed by atoms with van der Waals surface area (Å²) in [6.07, 6.45) is 5.82. The maximum atomic E-state index is 12.9. The second-order valence-corrected chi connectivity index (χ2v) is 11.0.